The Morgan fingerprint density at radius 3 is 1.47 bits per heavy atom. The smallest absolute Gasteiger partial charge is 0.101 e. The Bertz CT molecular complexity index is 805. The predicted octanol–water partition coefficient (Wildman–Crippen LogP) is 6.78. The highest BCUT2D eigenvalue weighted by atomic mass is 16.5. The zero-order valence-corrected chi connectivity index (χ0v) is 18.5. The summed E-state index contributed by atoms with van der Waals surface area (Å²) in [6.45, 7) is 6.91. The fourth-order valence-electron chi connectivity index (χ4n) is 3.57. The van der Waals surface area contributed by atoms with Crippen LogP contribution in [0.15, 0.2) is 24.3 Å². The monoisotopic (exact) mass is 406 g/mol. The van der Waals surface area contributed by atoms with Crippen molar-refractivity contribution in [2.45, 2.75) is 78.4 Å². The number of fused-ring (bicyclic) bond motifs is 1. The van der Waals surface area contributed by atoms with E-state index in [4.69, 9.17) is 9.47 Å². The van der Waals surface area contributed by atoms with E-state index in [-0.39, 0.29) is 0 Å². The van der Waals surface area contributed by atoms with Crippen LogP contribution in [0.25, 0.3) is 10.8 Å². The molecule has 0 aromatic heterocycles. The van der Waals surface area contributed by atoms with E-state index in [0.29, 0.717) is 24.3 Å². The van der Waals surface area contributed by atoms with Crippen LogP contribution in [0.4, 0.5) is 0 Å². The minimum absolute atomic E-state index is 0.409. The fraction of sp³-hybridized carbons (Fsp3) is 0.538. The van der Waals surface area contributed by atoms with Gasteiger partial charge < -0.3 is 9.47 Å². The van der Waals surface area contributed by atoms with Gasteiger partial charge in [-0.2, -0.15) is 10.5 Å². The molecule has 2 aromatic carbocycles. The normalized spacial score (nSPS) is 10.8. The molecule has 4 heteroatoms. The SMILES string of the molecule is CCCCCCOCc1ccc(COCCCCCC)c2cc(C#N)c(C#N)cc12. The maximum atomic E-state index is 9.45. The van der Waals surface area contributed by atoms with Crippen LogP contribution in [0.3, 0.4) is 0 Å². The van der Waals surface area contributed by atoms with Crippen molar-refractivity contribution in [2.75, 3.05) is 13.2 Å². The molecule has 0 radical (unpaired) electrons. The molecule has 0 aliphatic rings. The first-order valence-corrected chi connectivity index (χ1v) is 11.3. The Morgan fingerprint density at radius 2 is 1.10 bits per heavy atom. The van der Waals surface area contributed by atoms with Crippen LogP contribution in [0.5, 0.6) is 0 Å². The minimum Gasteiger partial charge on any atom is -0.377 e. The van der Waals surface area contributed by atoms with Gasteiger partial charge in [-0.15, -0.1) is 0 Å². The van der Waals surface area contributed by atoms with Gasteiger partial charge in [-0.05, 0) is 46.9 Å². The highest BCUT2D eigenvalue weighted by molar-refractivity contribution is 5.91. The number of unbranched alkanes of at least 4 members (excludes halogenated alkanes) is 6. The van der Waals surface area contributed by atoms with Crippen molar-refractivity contribution in [1.82, 2.24) is 0 Å². The van der Waals surface area contributed by atoms with Crippen LogP contribution in [-0.2, 0) is 22.7 Å². The van der Waals surface area contributed by atoms with E-state index >= 15 is 0 Å². The summed E-state index contributed by atoms with van der Waals surface area (Å²) in [7, 11) is 0. The summed E-state index contributed by atoms with van der Waals surface area (Å²) in [6, 6.07) is 12.1. The highest BCUT2D eigenvalue weighted by Gasteiger charge is 2.12. The molecule has 0 atom stereocenters. The second-order valence-electron chi connectivity index (χ2n) is 7.78. The molecule has 0 saturated carbocycles. The molecule has 0 saturated heterocycles. The van der Waals surface area contributed by atoms with E-state index in [9.17, 15) is 10.5 Å². The first kappa shape index (κ1) is 23.9. The van der Waals surface area contributed by atoms with Gasteiger partial charge in [0.15, 0.2) is 0 Å². The zero-order chi connectivity index (χ0) is 21.6. The van der Waals surface area contributed by atoms with Gasteiger partial charge in [0.2, 0.25) is 0 Å². The number of benzene rings is 2. The second kappa shape index (κ2) is 13.8. The standard InChI is InChI=1S/C26H34N2O2/c1-3-5-7-9-13-29-19-21-11-12-22(20-30-14-10-8-6-4-2)26-16-24(18-28)23(17-27)15-25(21)26/h11-12,15-16H,3-10,13-14,19-20H2,1-2H3. The lowest BCUT2D eigenvalue weighted by Gasteiger charge is -2.13. The van der Waals surface area contributed by atoms with Gasteiger partial charge in [0.1, 0.15) is 12.1 Å². The first-order valence-electron chi connectivity index (χ1n) is 11.3. The average molecular weight is 407 g/mol. The van der Waals surface area contributed by atoms with Crippen LogP contribution < -0.4 is 0 Å². The van der Waals surface area contributed by atoms with Crippen LogP contribution in [0.1, 0.15) is 87.5 Å². The lowest BCUT2D eigenvalue weighted by Crippen LogP contribution is -2.01. The summed E-state index contributed by atoms with van der Waals surface area (Å²) in [5.74, 6) is 0. The number of nitriles is 2. The molecule has 160 valence electrons. The van der Waals surface area contributed by atoms with Crippen molar-refractivity contribution in [1.29, 1.82) is 10.5 Å². The molecule has 2 rings (SSSR count). The van der Waals surface area contributed by atoms with E-state index in [1.807, 2.05) is 12.1 Å². The molecule has 0 bridgehead atoms. The summed E-state index contributed by atoms with van der Waals surface area (Å²) >= 11 is 0. The Kier molecular flexibility index (Phi) is 10.9. The van der Waals surface area contributed by atoms with Crippen LogP contribution >= 0.6 is 0 Å². The van der Waals surface area contributed by atoms with E-state index in [1.165, 1.54) is 38.5 Å². The lowest BCUT2D eigenvalue weighted by atomic mass is 9.95. The summed E-state index contributed by atoms with van der Waals surface area (Å²) in [5, 5.41) is 20.9. The zero-order valence-electron chi connectivity index (χ0n) is 18.5. The first-order chi connectivity index (χ1) is 14.7. The fourth-order valence-corrected chi connectivity index (χ4v) is 3.57. The topological polar surface area (TPSA) is 66.0 Å². The van der Waals surface area contributed by atoms with E-state index in [2.05, 4.69) is 38.1 Å². The third-order valence-corrected chi connectivity index (χ3v) is 5.38. The van der Waals surface area contributed by atoms with Crippen molar-refractivity contribution in [3.8, 4) is 12.1 Å². The molecular weight excluding hydrogens is 372 g/mol. The molecule has 0 amide bonds. The molecule has 4 nitrogen and oxygen atoms in total. The number of ether oxygens (including phenoxy) is 2. The summed E-state index contributed by atoms with van der Waals surface area (Å²) < 4.78 is 11.8. The second-order valence-corrected chi connectivity index (χ2v) is 7.78. The minimum atomic E-state index is 0.409. The van der Waals surface area contributed by atoms with E-state index in [0.717, 1.165) is 48.0 Å². The number of nitrogens with zero attached hydrogens (tertiary/aromatic N) is 2. The van der Waals surface area contributed by atoms with Crippen molar-refractivity contribution in [3.63, 3.8) is 0 Å². The predicted molar refractivity (Wildman–Crippen MR) is 121 cm³/mol. The Hall–Kier alpha value is -2.40. The summed E-state index contributed by atoms with van der Waals surface area (Å²) in [6.07, 6.45) is 9.42. The quantitative estimate of drug-likeness (QED) is 0.324. The van der Waals surface area contributed by atoms with Gasteiger partial charge in [-0.3, -0.25) is 0 Å². The molecule has 0 aliphatic carbocycles. The van der Waals surface area contributed by atoms with Crippen molar-refractivity contribution < 1.29 is 9.47 Å². The molecule has 0 unspecified atom stereocenters. The van der Waals surface area contributed by atoms with E-state index < -0.39 is 0 Å². The summed E-state index contributed by atoms with van der Waals surface area (Å²) in [5.41, 5.74) is 2.92. The molecule has 0 aliphatic heterocycles. The summed E-state index contributed by atoms with van der Waals surface area (Å²) in [4.78, 5) is 0. The third kappa shape index (κ3) is 7.13. The van der Waals surface area contributed by atoms with Gasteiger partial charge in [0.05, 0.1) is 24.3 Å². The molecule has 0 fully saturated rings. The molecule has 2 aromatic rings. The van der Waals surface area contributed by atoms with Crippen molar-refractivity contribution in [2.24, 2.45) is 0 Å². The highest BCUT2D eigenvalue weighted by Crippen LogP contribution is 2.28. The molecule has 0 spiro atoms. The molecule has 0 heterocycles. The Labute approximate surface area is 181 Å². The maximum Gasteiger partial charge on any atom is 0.101 e. The van der Waals surface area contributed by atoms with Crippen LogP contribution in [0, 0.1) is 22.7 Å². The Morgan fingerprint density at radius 1 is 0.667 bits per heavy atom. The van der Waals surface area contributed by atoms with Crippen LogP contribution in [-0.4, -0.2) is 13.2 Å². The molecular formula is C26H34N2O2. The molecule has 0 N–H and O–H groups in total. The number of hydrogen-bond donors (Lipinski definition) is 0. The van der Waals surface area contributed by atoms with Gasteiger partial charge >= 0.3 is 0 Å². The van der Waals surface area contributed by atoms with Gasteiger partial charge in [-0.1, -0.05) is 64.5 Å². The number of hydrogen-bond acceptors (Lipinski definition) is 4. The average Bonchev–Trinajstić information content (AvgIpc) is 2.78. The van der Waals surface area contributed by atoms with E-state index in [1.54, 1.807) is 0 Å². The maximum absolute atomic E-state index is 9.45. The lowest BCUT2D eigenvalue weighted by molar-refractivity contribution is 0.116. The third-order valence-electron chi connectivity index (χ3n) is 5.38. The Balaban J connectivity index is 2.16. The molecule has 30 heavy (non-hydrogen) atoms. The van der Waals surface area contributed by atoms with Crippen molar-refractivity contribution >= 4 is 10.8 Å². The van der Waals surface area contributed by atoms with Gasteiger partial charge in [-0.25, -0.2) is 0 Å². The number of rotatable bonds is 14. The largest absolute Gasteiger partial charge is 0.377 e. The van der Waals surface area contributed by atoms with Gasteiger partial charge in [0.25, 0.3) is 0 Å². The van der Waals surface area contributed by atoms with Crippen LogP contribution in [0.2, 0.25) is 0 Å². The van der Waals surface area contributed by atoms with Gasteiger partial charge in [0, 0.05) is 13.2 Å². The van der Waals surface area contributed by atoms with Crippen molar-refractivity contribution in [3.05, 3.63) is 46.5 Å².